The number of carbonyl (C=O) groups is 2. The van der Waals surface area contributed by atoms with Crippen LogP contribution in [0.5, 0.6) is 5.75 Å². The monoisotopic (exact) mass is 669 g/mol. The topological polar surface area (TPSA) is 215 Å². The van der Waals surface area contributed by atoms with E-state index >= 15 is 0 Å². The van der Waals surface area contributed by atoms with Crippen LogP contribution in [0.4, 0.5) is 5.69 Å². The second-order valence-corrected chi connectivity index (χ2v) is 14.0. The zero-order chi connectivity index (χ0) is 32.8. The van der Waals surface area contributed by atoms with Crippen molar-refractivity contribution in [1.82, 2.24) is 10.2 Å². The van der Waals surface area contributed by atoms with Crippen LogP contribution in [0, 0.1) is 0 Å². The Hall–Kier alpha value is -4.18. The maximum atomic E-state index is 13.9. The molecule has 3 aromatic rings. The average Bonchev–Trinajstić information content (AvgIpc) is 3.68. The van der Waals surface area contributed by atoms with Crippen molar-refractivity contribution in [1.29, 1.82) is 0 Å². The number of benzene rings is 2. The minimum absolute atomic E-state index is 0.0270. The number of carbonyl (C=O) groups excluding carboxylic acids is 1. The number of hydrogen-bond acceptors (Lipinski definition) is 9. The Morgan fingerprint density at radius 1 is 1.13 bits per heavy atom. The first-order valence-electron chi connectivity index (χ1n) is 15.1. The van der Waals surface area contributed by atoms with Crippen LogP contribution in [0.2, 0.25) is 0 Å². The molecule has 0 radical (unpaired) electrons. The van der Waals surface area contributed by atoms with Crippen LogP contribution in [0.3, 0.4) is 0 Å². The lowest BCUT2D eigenvalue weighted by Gasteiger charge is -2.30. The molecule has 5 rings (SSSR count). The number of sulfonamides is 1. The molecule has 0 spiro atoms. The predicted molar refractivity (Wildman–Crippen MR) is 177 cm³/mol. The minimum Gasteiger partial charge on any atom is -0.492 e. The average molecular weight is 670 g/mol. The summed E-state index contributed by atoms with van der Waals surface area (Å²) in [7, 11) is -4.23. The highest BCUT2D eigenvalue weighted by atomic mass is 32.2. The number of likely N-dealkylation sites (tertiary alicyclic amines) is 1. The predicted octanol–water partition coefficient (Wildman–Crippen LogP) is 2.31. The van der Waals surface area contributed by atoms with Crippen LogP contribution in [0.25, 0.3) is 11.1 Å². The highest BCUT2D eigenvalue weighted by Crippen LogP contribution is 2.39. The Balaban J connectivity index is 1.35. The van der Waals surface area contributed by atoms with E-state index in [0.717, 1.165) is 66.1 Å². The molecule has 1 fully saturated rings. The zero-order valence-corrected chi connectivity index (χ0v) is 26.9. The van der Waals surface area contributed by atoms with Crippen LogP contribution in [-0.4, -0.2) is 74.6 Å². The van der Waals surface area contributed by atoms with Crippen LogP contribution in [-0.2, 0) is 27.8 Å². The van der Waals surface area contributed by atoms with Gasteiger partial charge in [-0.3, -0.25) is 19.4 Å². The number of aliphatic carboxylic acids is 1. The molecule has 1 aromatic heterocycles. The van der Waals surface area contributed by atoms with Crippen molar-refractivity contribution in [2.45, 2.75) is 55.6 Å². The van der Waals surface area contributed by atoms with E-state index in [0.29, 0.717) is 19.4 Å². The summed E-state index contributed by atoms with van der Waals surface area (Å²) in [6.07, 6.45) is 2.88. The van der Waals surface area contributed by atoms with Gasteiger partial charge in [-0.2, -0.15) is 0 Å². The quantitative estimate of drug-likeness (QED) is 0.0887. The Kier molecular flexibility index (Phi) is 10.5. The Labute approximate surface area is 271 Å². The lowest BCUT2D eigenvalue weighted by atomic mass is 9.99. The van der Waals surface area contributed by atoms with Crippen molar-refractivity contribution < 1.29 is 27.9 Å². The van der Waals surface area contributed by atoms with Crippen LogP contribution < -0.4 is 32.0 Å². The number of carboxylic acids is 1. The van der Waals surface area contributed by atoms with E-state index in [9.17, 15) is 23.1 Å². The molecule has 0 aliphatic carbocycles. The van der Waals surface area contributed by atoms with Crippen molar-refractivity contribution in [2.24, 2.45) is 22.2 Å². The number of nitrogens with zero attached hydrogens (tertiary/aromatic N) is 2. The number of amides is 1. The molecule has 9 N–H and O–H groups in total. The molecule has 13 nitrogen and oxygen atoms in total. The van der Waals surface area contributed by atoms with Gasteiger partial charge in [-0.05, 0) is 90.7 Å². The number of piperidine rings is 1. The minimum atomic E-state index is -4.23. The summed E-state index contributed by atoms with van der Waals surface area (Å²) < 4.78 is 36.1. The third-order valence-electron chi connectivity index (χ3n) is 8.00. The van der Waals surface area contributed by atoms with Crippen molar-refractivity contribution in [3.63, 3.8) is 0 Å². The summed E-state index contributed by atoms with van der Waals surface area (Å²) in [4.78, 5) is 31.1. The van der Waals surface area contributed by atoms with Gasteiger partial charge in [-0.1, -0.05) is 18.2 Å². The third kappa shape index (κ3) is 8.15. The number of nitrogens with one attached hydrogen (secondary N) is 2. The van der Waals surface area contributed by atoms with Crippen LogP contribution in [0.15, 0.2) is 57.7 Å². The Morgan fingerprint density at radius 2 is 1.91 bits per heavy atom. The molecule has 15 heteroatoms. The van der Waals surface area contributed by atoms with E-state index < -0.39 is 27.9 Å². The standard InChI is InChI=1S/C31H39N7O6S2/c32-23-6-11-38(12-7-23)18-19-3-1-4-20(15-19)22-16-21-8-13-44-27(21)26(17-22)46(42,43)37-24-9-14-45-28(24)29(39)36-25(30(40)41)5-2-10-35-31(33)34/h1,3-4,9,14-17,23,25,37H,2,5-8,10-13,18,32H2,(H,36,39)(H,40,41)(H4,33,34,35)/t25-/m0/s1. The van der Waals surface area contributed by atoms with Gasteiger partial charge in [0.25, 0.3) is 15.9 Å². The molecule has 246 valence electrons. The molecule has 1 atom stereocenters. The van der Waals surface area contributed by atoms with E-state index in [2.05, 4.69) is 32.1 Å². The fourth-order valence-corrected chi connectivity index (χ4v) is 7.71. The number of nitrogens with two attached hydrogens (primary N) is 3. The van der Waals surface area contributed by atoms with Gasteiger partial charge in [0.05, 0.1) is 12.3 Å². The maximum Gasteiger partial charge on any atom is 0.326 e. The van der Waals surface area contributed by atoms with Gasteiger partial charge < -0.3 is 32.4 Å². The van der Waals surface area contributed by atoms with Crippen molar-refractivity contribution in [3.8, 4) is 16.9 Å². The van der Waals surface area contributed by atoms with Crippen LogP contribution in [0.1, 0.15) is 46.5 Å². The SMILES string of the molecule is NC(N)=NCCC[C@H](NC(=O)c1sccc1NS(=O)(=O)c1cc(-c2cccc(CN3CCC(N)CC3)c2)cc2c1OCC2)C(=O)O. The number of anilines is 1. The molecule has 46 heavy (non-hydrogen) atoms. The molecule has 1 amide bonds. The second kappa shape index (κ2) is 14.5. The van der Waals surface area contributed by atoms with Gasteiger partial charge in [-0.15, -0.1) is 11.3 Å². The zero-order valence-electron chi connectivity index (χ0n) is 25.3. The summed E-state index contributed by atoms with van der Waals surface area (Å²) in [6.45, 7) is 3.21. The van der Waals surface area contributed by atoms with E-state index in [1.807, 2.05) is 18.2 Å². The summed E-state index contributed by atoms with van der Waals surface area (Å²) >= 11 is 0.992. The number of rotatable bonds is 13. The maximum absolute atomic E-state index is 13.9. The highest BCUT2D eigenvalue weighted by molar-refractivity contribution is 7.92. The van der Waals surface area contributed by atoms with Crippen LogP contribution >= 0.6 is 11.3 Å². The fraction of sp³-hybridized carbons (Fsp3) is 0.387. The number of ether oxygens (including phenoxy) is 1. The number of thiophene rings is 1. The number of carboxylic acid groups (broad SMARTS) is 1. The molecule has 0 saturated carbocycles. The van der Waals surface area contributed by atoms with Gasteiger partial charge in [0, 0.05) is 25.6 Å². The molecule has 1 saturated heterocycles. The van der Waals surface area contributed by atoms with E-state index in [-0.39, 0.29) is 46.2 Å². The van der Waals surface area contributed by atoms with E-state index in [4.69, 9.17) is 21.9 Å². The number of guanidine groups is 1. The number of hydrogen-bond donors (Lipinski definition) is 6. The summed E-state index contributed by atoms with van der Waals surface area (Å²) in [5.41, 5.74) is 20.2. The summed E-state index contributed by atoms with van der Waals surface area (Å²) in [5, 5.41) is 13.7. The van der Waals surface area contributed by atoms with Gasteiger partial charge in [-0.25, -0.2) is 13.2 Å². The lowest BCUT2D eigenvalue weighted by molar-refractivity contribution is -0.139. The molecule has 0 unspecified atom stereocenters. The molecule has 2 aliphatic rings. The highest BCUT2D eigenvalue weighted by Gasteiger charge is 2.30. The van der Waals surface area contributed by atoms with Gasteiger partial charge >= 0.3 is 5.97 Å². The lowest BCUT2D eigenvalue weighted by Crippen LogP contribution is -2.40. The smallest absolute Gasteiger partial charge is 0.326 e. The Bertz CT molecular complexity index is 1710. The molecule has 2 aromatic carbocycles. The van der Waals surface area contributed by atoms with Gasteiger partial charge in [0.2, 0.25) is 0 Å². The first kappa shape index (κ1) is 33.2. The summed E-state index contributed by atoms with van der Waals surface area (Å²) in [5.74, 6) is -1.78. The molecule has 0 bridgehead atoms. The number of fused-ring (bicyclic) bond motifs is 1. The van der Waals surface area contributed by atoms with Crippen molar-refractivity contribution >= 4 is 44.9 Å². The number of aliphatic imine (C=N–C) groups is 1. The third-order valence-corrected chi connectivity index (χ3v) is 10.3. The first-order valence-corrected chi connectivity index (χ1v) is 17.4. The molecular weight excluding hydrogens is 631 g/mol. The summed E-state index contributed by atoms with van der Waals surface area (Å²) in [6, 6.07) is 12.1. The molecular formula is C31H39N7O6S2. The van der Waals surface area contributed by atoms with Gasteiger partial charge in [0.15, 0.2) is 5.96 Å². The second-order valence-electron chi connectivity index (χ2n) is 11.5. The van der Waals surface area contributed by atoms with E-state index in [1.165, 1.54) is 6.07 Å². The fourth-order valence-electron chi connectivity index (χ4n) is 5.61. The Morgan fingerprint density at radius 3 is 2.65 bits per heavy atom. The first-order chi connectivity index (χ1) is 22.0. The normalized spacial score (nSPS) is 15.8. The van der Waals surface area contributed by atoms with Gasteiger partial charge in [0.1, 0.15) is 21.6 Å². The van der Waals surface area contributed by atoms with Crippen molar-refractivity contribution in [3.05, 3.63) is 63.8 Å². The van der Waals surface area contributed by atoms with Crippen molar-refractivity contribution in [2.75, 3.05) is 31.0 Å². The van der Waals surface area contributed by atoms with E-state index in [1.54, 1.807) is 11.4 Å². The largest absolute Gasteiger partial charge is 0.492 e. The molecule has 2 aliphatic heterocycles. The molecule has 3 heterocycles.